The van der Waals surface area contributed by atoms with Crippen molar-refractivity contribution in [1.82, 2.24) is 0 Å². The molecule has 4 heteroatoms. The van der Waals surface area contributed by atoms with E-state index in [1.807, 2.05) is 36.4 Å². The number of fused-ring (bicyclic) bond motifs is 2. The van der Waals surface area contributed by atoms with Gasteiger partial charge in [0.05, 0.1) is 11.1 Å². The average Bonchev–Trinajstić information content (AvgIpc) is 2.44. The number of hydrogen-bond donors (Lipinski definition) is 0. The minimum absolute atomic E-state index is 0.643. The van der Waals surface area contributed by atoms with Crippen molar-refractivity contribution in [3.63, 3.8) is 0 Å². The normalized spacial score (nSPS) is 10.4. The van der Waals surface area contributed by atoms with Gasteiger partial charge in [-0.1, -0.05) is 12.1 Å². The third-order valence-corrected chi connectivity index (χ3v) is 4.61. The lowest BCUT2D eigenvalue weighted by atomic mass is 9.93. The Bertz CT molecular complexity index is 867. The van der Waals surface area contributed by atoms with Crippen LogP contribution in [0.1, 0.15) is 11.1 Å². The molecule has 0 N–H and O–H groups in total. The molecule has 0 amide bonds. The highest BCUT2D eigenvalue weighted by Gasteiger charge is 2.14. The zero-order chi connectivity index (χ0) is 14.3. The van der Waals surface area contributed by atoms with E-state index in [0.717, 1.165) is 28.7 Å². The summed E-state index contributed by atoms with van der Waals surface area (Å²) in [5.74, 6) is 0. The van der Waals surface area contributed by atoms with Gasteiger partial charge in [-0.2, -0.15) is 10.5 Å². The molecule has 0 radical (unpaired) electrons. The number of nitrogens with zero attached hydrogens (tertiary/aromatic N) is 2. The fourth-order valence-electron chi connectivity index (χ4n) is 2.41. The van der Waals surface area contributed by atoms with Gasteiger partial charge in [0.2, 0.25) is 0 Å². The van der Waals surface area contributed by atoms with E-state index in [1.54, 1.807) is 0 Å². The first-order valence-corrected chi connectivity index (χ1v) is 7.96. The summed E-state index contributed by atoms with van der Waals surface area (Å²) in [6.07, 6.45) is 0. The van der Waals surface area contributed by atoms with Gasteiger partial charge in [0.1, 0.15) is 12.1 Å². The standard InChI is InChI=1S/C16H6I2N2/c17-9-1-3-11-13(5-9)16(8-20)12-4-2-10(18)6-14(12)15(11)7-19/h1-6H. The summed E-state index contributed by atoms with van der Waals surface area (Å²) in [5, 5.41) is 22.4. The zero-order valence-electron chi connectivity index (χ0n) is 10.1. The summed E-state index contributed by atoms with van der Waals surface area (Å²) in [7, 11) is 0. The molecule has 0 saturated heterocycles. The third-order valence-electron chi connectivity index (χ3n) is 3.26. The lowest BCUT2D eigenvalue weighted by Gasteiger charge is -2.09. The van der Waals surface area contributed by atoms with Gasteiger partial charge < -0.3 is 0 Å². The number of halogens is 2. The van der Waals surface area contributed by atoms with Crippen molar-refractivity contribution >= 4 is 66.7 Å². The molecule has 0 atom stereocenters. The Morgan fingerprint density at radius 2 is 1.05 bits per heavy atom. The van der Waals surface area contributed by atoms with Crippen LogP contribution in [-0.2, 0) is 0 Å². The highest BCUT2D eigenvalue weighted by Crippen LogP contribution is 2.33. The van der Waals surface area contributed by atoms with E-state index in [4.69, 9.17) is 0 Å². The molecule has 0 aliphatic rings. The summed E-state index contributed by atoms with van der Waals surface area (Å²) in [6.45, 7) is 0. The van der Waals surface area contributed by atoms with Gasteiger partial charge in [0.25, 0.3) is 0 Å². The van der Waals surface area contributed by atoms with Crippen LogP contribution in [0.4, 0.5) is 0 Å². The van der Waals surface area contributed by atoms with Gasteiger partial charge in [0, 0.05) is 28.7 Å². The molecule has 2 nitrogen and oxygen atoms in total. The molecule has 3 aromatic carbocycles. The molecule has 94 valence electrons. The van der Waals surface area contributed by atoms with Crippen molar-refractivity contribution in [2.45, 2.75) is 0 Å². The molecule has 0 heterocycles. The van der Waals surface area contributed by atoms with Crippen molar-refractivity contribution in [3.8, 4) is 12.1 Å². The minimum atomic E-state index is 0.643. The second-order valence-electron chi connectivity index (χ2n) is 4.35. The second kappa shape index (κ2) is 5.19. The average molecular weight is 480 g/mol. The van der Waals surface area contributed by atoms with E-state index in [9.17, 15) is 10.5 Å². The van der Waals surface area contributed by atoms with Crippen LogP contribution < -0.4 is 0 Å². The van der Waals surface area contributed by atoms with Gasteiger partial charge in [-0.25, -0.2) is 0 Å². The Hall–Kier alpha value is -1.38. The molecule has 0 spiro atoms. The van der Waals surface area contributed by atoms with E-state index in [1.165, 1.54) is 0 Å². The smallest absolute Gasteiger partial charge is 0.100 e. The van der Waals surface area contributed by atoms with Gasteiger partial charge in [-0.15, -0.1) is 0 Å². The zero-order valence-corrected chi connectivity index (χ0v) is 14.4. The van der Waals surface area contributed by atoms with E-state index >= 15 is 0 Å². The molecule has 0 aliphatic carbocycles. The van der Waals surface area contributed by atoms with Crippen molar-refractivity contribution in [1.29, 1.82) is 10.5 Å². The molecule has 0 saturated carbocycles. The van der Waals surface area contributed by atoms with E-state index in [2.05, 4.69) is 57.3 Å². The quantitative estimate of drug-likeness (QED) is 0.338. The van der Waals surface area contributed by atoms with Crippen LogP contribution in [0.2, 0.25) is 0 Å². The molecule has 0 aromatic heterocycles. The largest absolute Gasteiger partial charge is 0.192 e. The lowest BCUT2D eigenvalue weighted by Crippen LogP contribution is -1.91. The predicted octanol–water partition coefficient (Wildman–Crippen LogP) is 4.95. The fraction of sp³-hybridized carbons (Fsp3) is 0. The van der Waals surface area contributed by atoms with E-state index < -0.39 is 0 Å². The van der Waals surface area contributed by atoms with Crippen LogP contribution in [0, 0.1) is 29.8 Å². The SMILES string of the molecule is N#Cc1c2ccc(I)cc2c(C#N)c2ccc(I)cc12. The maximum absolute atomic E-state index is 9.52. The van der Waals surface area contributed by atoms with Crippen LogP contribution in [0.5, 0.6) is 0 Å². The van der Waals surface area contributed by atoms with Crippen LogP contribution in [-0.4, -0.2) is 0 Å². The van der Waals surface area contributed by atoms with E-state index in [0.29, 0.717) is 11.1 Å². The van der Waals surface area contributed by atoms with Crippen molar-refractivity contribution < 1.29 is 0 Å². The molecule has 20 heavy (non-hydrogen) atoms. The molecule has 3 rings (SSSR count). The van der Waals surface area contributed by atoms with Gasteiger partial charge in [-0.05, 0) is 69.4 Å². The Morgan fingerprint density at radius 3 is 1.40 bits per heavy atom. The first-order valence-electron chi connectivity index (χ1n) is 5.80. The molecular formula is C16H6I2N2. The highest BCUT2D eigenvalue weighted by atomic mass is 127. The molecule has 0 fully saturated rings. The first-order chi connectivity index (χ1) is 9.65. The summed E-state index contributed by atoms with van der Waals surface area (Å²) >= 11 is 4.44. The Labute approximate surface area is 143 Å². The number of nitriles is 2. The van der Waals surface area contributed by atoms with Crippen molar-refractivity contribution in [3.05, 3.63) is 54.7 Å². The minimum Gasteiger partial charge on any atom is -0.192 e. The Morgan fingerprint density at radius 1 is 0.650 bits per heavy atom. The molecule has 0 bridgehead atoms. The number of hydrogen-bond acceptors (Lipinski definition) is 2. The first kappa shape index (κ1) is 13.6. The van der Waals surface area contributed by atoms with E-state index in [-0.39, 0.29) is 0 Å². The lowest BCUT2D eigenvalue weighted by molar-refractivity contribution is 1.50. The molecule has 3 aromatic rings. The van der Waals surface area contributed by atoms with Crippen LogP contribution in [0.25, 0.3) is 21.5 Å². The molecule has 0 aliphatic heterocycles. The van der Waals surface area contributed by atoms with Crippen molar-refractivity contribution in [2.24, 2.45) is 0 Å². The molecule has 0 unspecified atom stereocenters. The van der Waals surface area contributed by atoms with Crippen molar-refractivity contribution in [2.75, 3.05) is 0 Å². The van der Waals surface area contributed by atoms with Crippen LogP contribution >= 0.6 is 45.2 Å². The fourth-order valence-corrected chi connectivity index (χ4v) is 3.40. The van der Waals surface area contributed by atoms with Gasteiger partial charge in [-0.3, -0.25) is 0 Å². The summed E-state index contributed by atoms with van der Waals surface area (Å²) in [5.41, 5.74) is 1.29. The summed E-state index contributed by atoms with van der Waals surface area (Å²) in [6, 6.07) is 16.3. The maximum Gasteiger partial charge on any atom is 0.100 e. The summed E-state index contributed by atoms with van der Waals surface area (Å²) in [4.78, 5) is 0. The summed E-state index contributed by atoms with van der Waals surface area (Å²) < 4.78 is 2.11. The maximum atomic E-state index is 9.52. The van der Waals surface area contributed by atoms with Gasteiger partial charge >= 0.3 is 0 Å². The Balaban J connectivity index is 2.69. The number of rotatable bonds is 0. The Kier molecular flexibility index (Phi) is 3.53. The highest BCUT2D eigenvalue weighted by molar-refractivity contribution is 14.1. The molecular weight excluding hydrogens is 474 g/mol. The monoisotopic (exact) mass is 480 g/mol. The second-order valence-corrected chi connectivity index (χ2v) is 6.84. The number of benzene rings is 3. The van der Waals surface area contributed by atoms with Crippen LogP contribution in [0.3, 0.4) is 0 Å². The van der Waals surface area contributed by atoms with Gasteiger partial charge in [0.15, 0.2) is 0 Å². The van der Waals surface area contributed by atoms with Crippen LogP contribution in [0.15, 0.2) is 36.4 Å². The third kappa shape index (κ3) is 2.04. The topological polar surface area (TPSA) is 47.6 Å². The predicted molar refractivity (Wildman–Crippen MR) is 96.3 cm³/mol.